The minimum atomic E-state index is 0.504. The zero-order valence-electron chi connectivity index (χ0n) is 13.4. The molecular formula is C19H20N2O2. The molecule has 3 aromatic rings. The molecule has 1 aromatic heterocycles. The van der Waals surface area contributed by atoms with Crippen LogP contribution in [0, 0.1) is 6.92 Å². The number of rotatable bonds is 5. The van der Waals surface area contributed by atoms with Crippen molar-refractivity contribution in [3.8, 4) is 5.75 Å². The Morgan fingerprint density at radius 1 is 1.17 bits per heavy atom. The van der Waals surface area contributed by atoms with Crippen LogP contribution in [0.2, 0.25) is 0 Å². The monoisotopic (exact) mass is 308 g/mol. The summed E-state index contributed by atoms with van der Waals surface area (Å²) in [5.74, 6) is 2.06. The number of amidine groups is 1. The molecular weight excluding hydrogens is 288 g/mol. The van der Waals surface area contributed by atoms with Crippen LogP contribution in [0.25, 0.3) is 11.0 Å². The Morgan fingerprint density at radius 3 is 2.70 bits per heavy atom. The summed E-state index contributed by atoms with van der Waals surface area (Å²) in [6.45, 7) is 5.02. The highest BCUT2D eigenvalue weighted by Crippen LogP contribution is 2.29. The third-order valence-electron chi connectivity index (χ3n) is 3.67. The van der Waals surface area contributed by atoms with E-state index in [-0.39, 0.29) is 0 Å². The number of ether oxygens (including phenoxy) is 1. The lowest BCUT2D eigenvalue weighted by Crippen LogP contribution is -2.14. The summed E-state index contributed by atoms with van der Waals surface area (Å²) in [7, 11) is 0. The van der Waals surface area contributed by atoms with Crippen molar-refractivity contribution in [3.05, 3.63) is 65.4 Å². The number of aliphatic imine (C=N–C) groups is 1. The van der Waals surface area contributed by atoms with Gasteiger partial charge in [0, 0.05) is 11.9 Å². The fraction of sp³-hybridized carbons (Fsp3) is 0.211. The fourth-order valence-corrected chi connectivity index (χ4v) is 2.60. The number of hydrogen-bond acceptors (Lipinski definition) is 3. The molecule has 118 valence electrons. The maximum Gasteiger partial charge on any atom is 0.135 e. The molecule has 0 atom stereocenters. The van der Waals surface area contributed by atoms with Gasteiger partial charge in [-0.15, -0.1) is 0 Å². The molecule has 2 N–H and O–H groups in total. The maximum atomic E-state index is 6.08. The van der Waals surface area contributed by atoms with Crippen LogP contribution in [-0.2, 0) is 6.61 Å². The lowest BCUT2D eigenvalue weighted by Gasteiger charge is -2.06. The second-order valence-electron chi connectivity index (χ2n) is 5.33. The zero-order valence-corrected chi connectivity index (χ0v) is 13.4. The topological polar surface area (TPSA) is 60.8 Å². The average Bonchev–Trinajstić information content (AvgIpc) is 2.89. The molecule has 0 bridgehead atoms. The molecule has 0 saturated carbocycles. The fourth-order valence-electron chi connectivity index (χ4n) is 2.60. The van der Waals surface area contributed by atoms with Gasteiger partial charge in [-0.25, -0.2) is 0 Å². The predicted octanol–water partition coefficient (Wildman–Crippen LogP) is 4.05. The summed E-state index contributed by atoms with van der Waals surface area (Å²) in [5, 5.41) is 0.933. The lowest BCUT2D eigenvalue weighted by molar-refractivity contribution is 0.306. The molecule has 0 aliphatic rings. The van der Waals surface area contributed by atoms with Crippen LogP contribution < -0.4 is 10.5 Å². The molecule has 0 saturated heterocycles. The number of nitrogens with zero attached hydrogens (tertiary/aromatic N) is 1. The van der Waals surface area contributed by atoms with Gasteiger partial charge in [0.15, 0.2) is 0 Å². The van der Waals surface area contributed by atoms with Gasteiger partial charge >= 0.3 is 0 Å². The number of hydrogen-bond donors (Lipinski definition) is 1. The first-order valence-electron chi connectivity index (χ1n) is 7.69. The van der Waals surface area contributed by atoms with Crippen molar-refractivity contribution in [2.45, 2.75) is 20.5 Å². The molecule has 0 fully saturated rings. The summed E-state index contributed by atoms with van der Waals surface area (Å²) in [6, 6.07) is 15.9. The van der Waals surface area contributed by atoms with E-state index in [2.05, 4.69) is 4.99 Å². The normalized spacial score (nSPS) is 11.8. The largest absolute Gasteiger partial charge is 0.489 e. The number of nitrogens with two attached hydrogens (primary N) is 1. The van der Waals surface area contributed by atoms with E-state index in [0.29, 0.717) is 19.0 Å². The number of benzene rings is 2. The molecule has 4 heteroatoms. The second-order valence-corrected chi connectivity index (χ2v) is 5.33. The number of furan rings is 1. The van der Waals surface area contributed by atoms with Crippen molar-refractivity contribution in [2.75, 3.05) is 6.54 Å². The van der Waals surface area contributed by atoms with Crippen molar-refractivity contribution >= 4 is 16.8 Å². The van der Waals surface area contributed by atoms with Crippen LogP contribution in [0.4, 0.5) is 0 Å². The smallest absolute Gasteiger partial charge is 0.135 e. The molecule has 4 nitrogen and oxygen atoms in total. The first-order chi connectivity index (χ1) is 11.2. The standard InChI is InChI=1S/C19H20N2O2/c1-3-21-19(20)18-13(2)23-17-10-9-15(11-16(17)18)22-12-14-7-5-4-6-8-14/h4-11H,3,12H2,1-2H3,(H2,20,21). The van der Waals surface area contributed by atoms with Crippen molar-refractivity contribution in [1.29, 1.82) is 0 Å². The maximum absolute atomic E-state index is 6.08. The Morgan fingerprint density at radius 2 is 1.96 bits per heavy atom. The highest BCUT2D eigenvalue weighted by atomic mass is 16.5. The highest BCUT2D eigenvalue weighted by Gasteiger charge is 2.15. The van der Waals surface area contributed by atoms with Crippen LogP contribution in [0.5, 0.6) is 5.75 Å². The summed E-state index contributed by atoms with van der Waals surface area (Å²) in [4.78, 5) is 4.29. The third kappa shape index (κ3) is 3.21. The van der Waals surface area contributed by atoms with E-state index in [1.54, 1.807) is 0 Å². The van der Waals surface area contributed by atoms with Crippen LogP contribution >= 0.6 is 0 Å². The van der Waals surface area contributed by atoms with Gasteiger partial charge in [-0.3, -0.25) is 4.99 Å². The molecule has 0 aliphatic heterocycles. The van der Waals surface area contributed by atoms with Gasteiger partial charge in [0.25, 0.3) is 0 Å². The number of aryl methyl sites for hydroxylation is 1. The molecule has 1 heterocycles. The summed E-state index contributed by atoms with van der Waals surface area (Å²) in [5.41, 5.74) is 8.85. The van der Waals surface area contributed by atoms with Gasteiger partial charge in [-0.1, -0.05) is 30.3 Å². The van der Waals surface area contributed by atoms with Crippen molar-refractivity contribution in [3.63, 3.8) is 0 Å². The van der Waals surface area contributed by atoms with Gasteiger partial charge in [-0.2, -0.15) is 0 Å². The van der Waals surface area contributed by atoms with E-state index in [0.717, 1.165) is 33.6 Å². The first kappa shape index (κ1) is 15.2. The van der Waals surface area contributed by atoms with E-state index >= 15 is 0 Å². The highest BCUT2D eigenvalue weighted by molar-refractivity contribution is 6.09. The predicted molar refractivity (Wildman–Crippen MR) is 93.0 cm³/mol. The van der Waals surface area contributed by atoms with Gasteiger partial charge < -0.3 is 14.9 Å². The van der Waals surface area contributed by atoms with Gasteiger partial charge in [0.2, 0.25) is 0 Å². The van der Waals surface area contributed by atoms with Gasteiger partial charge in [-0.05, 0) is 37.6 Å². The van der Waals surface area contributed by atoms with E-state index in [4.69, 9.17) is 14.9 Å². The van der Waals surface area contributed by atoms with E-state index < -0.39 is 0 Å². The molecule has 0 spiro atoms. The van der Waals surface area contributed by atoms with Crippen LogP contribution in [0.1, 0.15) is 23.8 Å². The summed E-state index contributed by atoms with van der Waals surface area (Å²) >= 11 is 0. The Hall–Kier alpha value is -2.75. The Balaban J connectivity index is 1.91. The molecule has 0 radical (unpaired) electrons. The van der Waals surface area contributed by atoms with Crippen molar-refractivity contribution in [2.24, 2.45) is 10.7 Å². The third-order valence-corrected chi connectivity index (χ3v) is 3.67. The lowest BCUT2D eigenvalue weighted by atomic mass is 10.1. The molecule has 23 heavy (non-hydrogen) atoms. The van der Waals surface area contributed by atoms with E-state index in [9.17, 15) is 0 Å². The van der Waals surface area contributed by atoms with Crippen LogP contribution in [-0.4, -0.2) is 12.4 Å². The van der Waals surface area contributed by atoms with Gasteiger partial charge in [0.1, 0.15) is 29.5 Å². The van der Waals surface area contributed by atoms with Crippen LogP contribution in [0.15, 0.2) is 57.9 Å². The quantitative estimate of drug-likeness (QED) is 0.571. The van der Waals surface area contributed by atoms with Crippen molar-refractivity contribution in [1.82, 2.24) is 0 Å². The van der Waals surface area contributed by atoms with E-state index in [1.807, 2.05) is 62.4 Å². The Kier molecular flexibility index (Phi) is 4.33. The second kappa shape index (κ2) is 6.57. The molecule has 0 amide bonds. The number of fused-ring (bicyclic) bond motifs is 1. The zero-order chi connectivity index (χ0) is 16.2. The minimum absolute atomic E-state index is 0.504. The molecule has 2 aromatic carbocycles. The molecule has 0 unspecified atom stereocenters. The molecule has 0 aliphatic carbocycles. The summed E-state index contributed by atoms with van der Waals surface area (Å²) in [6.07, 6.45) is 0. The summed E-state index contributed by atoms with van der Waals surface area (Å²) < 4.78 is 11.6. The van der Waals surface area contributed by atoms with Crippen molar-refractivity contribution < 1.29 is 9.15 Å². The Bertz CT molecular complexity index is 835. The molecule has 3 rings (SSSR count). The van der Waals surface area contributed by atoms with Crippen LogP contribution in [0.3, 0.4) is 0 Å². The van der Waals surface area contributed by atoms with E-state index in [1.165, 1.54) is 0 Å². The Labute approximate surface area is 135 Å². The van der Waals surface area contributed by atoms with Gasteiger partial charge in [0.05, 0.1) is 5.56 Å². The average molecular weight is 308 g/mol. The SMILES string of the molecule is CCN=C(N)c1c(C)oc2ccc(OCc3ccccc3)cc12. The minimum Gasteiger partial charge on any atom is -0.489 e. The first-order valence-corrected chi connectivity index (χ1v) is 7.69.